The summed E-state index contributed by atoms with van der Waals surface area (Å²) in [7, 11) is 1.59. The van der Waals surface area contributed by atoms with Crippen LogP contribution in [0.4, 0.5) is 5.69 Å². The molecule has 1 N–H and O–H groups in total. The summed E-state index contributed by atoms with van der Waals surface area (Å²) in [5.74, 6) is 0.464. The van der Waals surface area contributed by atoms with Gasteiger partial charge in [-0.1, -0.05) is 12.1 Å². The van der Waals surface area contributed by atoms with Gasteiger partial charge in [0.05, 0.1) is 19.2 Å². The van der Waals surface area contributed by atoms with Crippen LogP contribution in [0.25, 0.3) is 5.65 Å². The number of nitrogens with one attached hydrogen (secondary N) is 1. The molecule has 128 valence electrons. The summed E-state index contributed by atoms with van der Waals surface area (Å²) >= 11 is 0. The lowest BCUT2D eigenvalue weighted by Crippen LogP contribution is -2.25. The van der Waals surface area contributed by atoms with E-state index in [2.05, 4.69) is 10.3 Å². The third-order valence-electron chi connectivity index (χ3n) is 3.95. The van der Waals surface area contributed by atoms with Crippen molar-refractivity contribution in [2.75, 3.05) is 12.4 Å². The van der Waals surface area contributed by atoms with Crippen LogP contribution in [0.5, 0.6) is 5.75 Å². The molecule has 3 rings (SSSR count). The van der Waals surface area contributed by atoms with E-state index in [1.54, 1.807) is 32.4 Å². The minimum atomic E-state index is -0.286. The van der Waals surface area contributed by atoms with E-state index in [1.807, 2.05) is 31.2 Å². The summed E-state index contributed by atoms with van der Waals surface area (Å²) < 4.78 is 6.53. The third kappa shape index (κ3) is 3.52. The predicted molar refractivity (Wildman–Crippen MR) is 96.3 cm³/mol. The van der Waals surface area contributed by atoms with Crippen molar-refractivity contribution < 1.29 is 9.53 Å². The monoisotopic (exact) mass is 337 g/mol. The van der Waals surface area contributed by atoms with E-state index in [-0.39, 0.29) is 23.6 Å². The maximum Gasteiger partial charge on any atom is 0.281 e. The molecule has 3 aromatic rings. The lowest BCUT2D eigenvalue weighted by Gasteiger charge is -2.10. The van der Waals surface area contributed by atoms with Crippen molar-refractivity contribution in [3.8, 4) is 5.75 Å². The zero-order valence-corrected chi connectivity index (χ0v) is 14.4. The molecule has 0 radical (unpaired) electrons. The highest BCUT2D eigenvalue weighted by atomic mass is 16.5. The molecule has 6 heteroatoms. The summed E-state index contributed by atoms with van der Waals surface area (Å²) in [6.45, 7) is 3.65. The molecular formula is C19H19N3O3. The van der Waals surface area contributed by atoms with Crippen molar-refractivity contribution in [2.45, 2.75) is 20.3 Å². The number of hydrogen-bond acceptors (Lipinski definition) is 4. The van der Waals surface area contributed by atoms with E-state index in [0.717, 1.165) is 16.9 Å². The maximum atomic E-state index is 12.6. The Bertz CT molecular complexity index is 991. The lowest BCUT2D eigenvalue weighted by molar-refractivity contribution is -0.115. The first-order valence-corrected chi connectivity index (χ1v) is 7.90. The molecule has 0 saturated heterocycles. The van der Waals surface area contributed by atoms with E-state index >= 15 is 0 Å². The number of rotatable bonds is 4. The van der Waals surface area contributed by atoms with Crippen molar-refractivity contribution >= 4 is 17.2 Å². The second-order valence-corrected chi connectivity index (χ2v) is 5.88. The molecule has 1 amide bonds. The zero-order valence-electron chi connectivity index (χ0n) is 14.4. The number of carbonyl (C=O) groups excluding carboxylic acids is 1. The molecule has 2 heterocycles. The Balaban J connectivity index is 1.85. The van der Waals surface area contributed by atoms with Gasteiger partial charge in [0.2, 0.25) is 5.91 Å². The minimum Gasteiger partial charge on any atom is -0.497 e. The van der Waals surface area contributed by atoms with Crippen LogP contribution in [0.2, 0.25) is 0 Å². The van der Waals surface area contributed by atoms with Crippen molar-refractivity contribution in [1.29, 1.82) is 0 Å². The Morgan fingerprint density at radius 1 is 1.20 bits per heavy atom. The summed E-state index contributed by atoms with van der Waals surface area (Å²) in [5, 5.41) is 2.70. The van der Waals surface area contributed by atoms with Crippen LogP contribution in [0.15, 0.2) is 47.4 Å². The number of pyridine rings is 1. The second-order valence-electron chi connectivity index (χ2n) is 5.88. The number of aryl methyl sites for hydroxylation is 2. The number of hydrogen-bond donors (Lipinski definition) is 1. The molecule has 0 bridgehead atoms. The fourth-order valence-electron chi connectivity index (χ4n) is 2.61. The number of amides is 1. The molecule has 25 heavy (non-hydrogen) atoms. The third-order valence-corrected chi connectivity index (χ3v) is 3.95. The Morgan fingerprint density at radius 3 is 2.60 bits per heavy atom. The Labute approximate surface area is 145 Å². The summed E-state index contributed by atoms with van der Waals surface area (Å²) in [6.07, 6.45) is 1.83. The molecule has 0 aliphatic carbocycles. The van der Waals surface area contributed by atoms with Crippen molar-refractivity contribution in [3.63, 3.8) is 0 Å². The quantitative estimate of drug-likeness (QED) is 0.794. The van der Waals surface area contributed by atoms with Gasteiger partial charge in [0.15, 0.2) is 0 Å². The van der Waals surface area contributed by atoms with E-state index in [9.17, 15) is 9.59 Å². The van der Waals surface area contributed by atoms with E-state index < -0.39 is 0 Å². The predicted octanol–water partition coefficient (Wildman–Crippen LogP) is 2.50. The van der Waals surface area contributed by atoms with Gasteiger partial charge in [0.1, 0.15) is 17.1 Å². The molecule has 6 nitrogen and oxygen atoms in total. The van der Waals surface area contributed by atoms with Gasteiger partial charge in [-0.15, -0.1) is 0 Å². The Hall–Kier alpha value is -3.15. The van der Waals surface area contributed by atoms with Gasteiger partial charge < -0.3 is 10.1 Å². The normalized spacial score (nSPS) is 10.7. The number of carbonyl (C=O) groups is 1. The van der Waals surface area contributed by atoms with E-state index in [4.69, 9.17) is 4.74 Å². The van der Waals surface area contributed by atoms with Crippen LogP contribution in [0.1, 0.15) is 16.8 Å². The summed E-state index contributed by atoms with van der Waals surface area (Å²) in [4.78, 5) is 29.3. The van der Waals surface area contributed by atoms with Crippen molar-refractivity contribution in [2.24, 2.45) is 0 Å². The molecule has 0 fully saturated rings. The average molecular weight is 337 g/mol. The highest BCUT2D eigenvalue weighted by molar-refractivity contribution is 5.92. The van der Waals surface area contributed by atoms with E-state index in [1.165, 1.54) is 4.40 Å². The highest BCUT2D eigenvalue weighted by Crippen LogP contribution is 2.13. The summed E-state index contributed by atoms with van der Waals surface area (Å²) in [5.41, 5.74) is 2.84. The summed E-state index contributed by atoms with van der Waals surface area (Å²) in [6, 6.07) is 10.9. The average Bonchev–Trinajstić information content (AvgIpc) is 2.59. The number of benzene rings is 1. The molecule has 1 aromatic carbocycles. The standard InChI is InChI=1S/C19H19N3O3/c1-12-8-9-22-16(10-12)20-13(2)18(19(22)24)21-17(23)11-14-4-6-15(25-3)7-5-14/h4-10H,11H2,1-3H3,(H,21,23). The topological polar surface area (TPSA) is 72.7 Å². The van der Waals surface area contributed by atoms with Gasteiger partial charge in [-0.05, 0) is 49.2 Å². The van der Waals surface area contributed by atoms with Crippen LogP contribution in [0, 0.1) is 13.8 Å². The Kier molecular flexibility index (Phi) is 4.52. The van der Waals surface area contributed by atoms with Gasteiger partial charge in [-0.2, -0.15) is 0 Å². The van der Waals surface area contributed by atoms with Crippen LogP contribution >= 0.6 is 0 Å². The molecule has 2 aromatic heterocycles. The zero-order chi connectivity index (χ0) is 18.0. The minimum absolute atomic E-state index is 0.166. The molecular weight excluding hydrogens is 318 g/mol. The fraction of sp³-hybridized carbons (Fsp3) is 0.211. The number of nitrogens with zero attached hydrogens (tertiary/aromatic N) is 2. The number of anilines is 1. The maximum absolute atomic E-state index is 12.6. The molecule has 0 atom stereocenters. The van der Waals surface area contributed by atoms with Gasteiger partial charge in [0, 0.05) is 6.20 Å². The smallest absolute Gasteiger partial charge is 0.281 e. The first-order chi connectivity index (χ1) is 12.0. The van der Waals surface area contributed by atoms with Crippen LogP contribution in [-0.2, 0) is 11.2 Å². The molecule has 0 spiro atoms. The van der Waals surface area contributed by atoms with Crippen molar-refractivity contribution in [1.82, 2.24) is 9.38 Å². The van der Waals surface area contributed by atoms with Crippen molar-refractivity contribution in [3.05, 3.63) is 69.8 Å². The highest BCUT2D eigenvalue weighted by Gasteiger charge is 2.13. The first kappa shape index (κ1) is 16.7. The number of ether oxygens (including phenoxy) is 1. The van der Waals surface area contributed by atoms with Crippen LogP contribution < -0.4 is 15.6 Å². The molecule has 0 aliphatic heterocycles. The molecule has 0 aliphatic rings. The number of fused-ring (bicyclic) bond motifs is 1. The fourth-order valence-corrected chi connectivity index (χ4v) is 2.61. The lowest BCUT2D eigenvalue weighted by atomic mass is 10.1. The van der Waals surface area contributed by atoms with Gasteiger partial charge in [0.25, 0.3) is 5.56 Å². The first-order valence-electron chi connectivity index (χ1n) is 7.90. The van der Waals surface area contributed by atoms with Crippen LogP contribution in [0.3, 0.4) is 0 Å². The second kappa shape index (κ2) is 6.76. The molecule has 0 saturated carbocycles. The van der Waals surface area contributed by atoms with Gasteiger partial charge in [-0.3, -0.25) is 14.0 Å². The van der Waals surface area contributed by atoms with Gasteiger partial charge in [-0.25, -0.2) is 4.98 Å². The SMILES string of the molecule is COc1ccc(CC(=O)Nc2c(C)nc3cc(C)ccn3c2=O)cc1. The van der Waals surface area contributed by atoms with Crippen LogP contribution in [-0.4, -0.2) is 22.4 Å². The number of aromatic nitrogens is 2. The number of methoxy groups -OCH3 is 1. The Morgan fingerprint density at radius 2 is 1.92 bits per heavy atom. The van der Waals surface area contributed by atoms with E-state index in [0.29, 0.717) is 11.3 Å². The molecule has 0 unspecified atom stereocenters. The largest absolute Gasteiger partial charge is 0.497 e. The van der Waals surface area contributed by atoms with Gasteiger partial charge >= 0.3 is 0 Å².